The molecular weight excluding hydrogens is 376 g/mol. The molecule has 1 aromatic carbocycles. The van der Waals surface area contributed by atoms with Crippen molar-refractivity contribution >= 4 is 11.9 Å². The molecule has 7 nitrogen and oxygen atoms in total. The van der Waals surface area contributed by atoms with E-state index in [1.807, 2.05) is 24.3 Å². The van der Waals surface area contributed by atoms with Crippen LogP contribution in [-0.2, 0) is 4.79 Å². The first-order valence-corrected chi connectivity index (χ1v) is 11.0. The number of nitrogens with zero attached hydrogens (tertiary/aromatic N) is 5. The number of anilines is 1. The maximum atomic E-state index is 13.2. The van der Waals surface area contributed by atoms with Gasteiger partial charge < -0.3 is 15.1 Å². The first kappa shape index (κ1) is 20.8. The zero-order chi connectivity index (χ0) is 20.8. The Labute approximate surface area is 179 Å². The predicted molar refractivity (Wildman–Crippen MR) is 118 cm³/mol. The first-order valence-electron chi connectivity index (χ1n) is 11.0. The summed E-state index contributed by atoms with van der Waals surface area (Å²) in [7, 11) is 2.17. The molecule has 2 atom stereocenters. The summed E-state index contributed by atoms with van der Waals surface area (Å²) in [5.74, 6) is 0.812. The molecule has 30 heavy (non-hydrogen) atoms. The molecule has 1 aromatic heterocycles. The van der Waals surface area contributed by atoms with Crippen molar-refractivity contribution < 1.29 is 4.79 Å². The molecule has 1 amide bonds. The van der Waals surface area contributed by atoms with E-state index in [1.165, 1.54) is 5.56 Å². The van der Waals surface area contributed by atoms with E-state index in [0.717, 1.165) is 52.1 Å². The van der Waals surface area contributed by atoms with Gasteiger partial charge in [0.25, 0.3) is 0 Å². The Kier molecular flexibility index (Phi) is 6.92. The zero-order valence-corrected chi connectivity index (χ0v) is 17.8. The third-order valence-electron chi connectivity index (χ3n) is 6.18. The van der Waals surface area contributed by atoms with Gasteiger partial charge in [-0.05, 0) is 31.5 Å². The maximum Gasteiger partial charge on any atom is 0.225 e. The summed E-state index contributed by atoms with van der Waals surface area (Å²) in [6.07, 6.45) is 5.40. The minimum Gasteiger partial charge on any atom is -0.348 e. The van der Waals surface area contributed by atoms with Gasteiger partial charge in [0.1, 0.15) is 0 Å². The van der Waals surface area contributed by atoms with Gasteiger partial charge in [0.2, 0.25) is 11.9 Å². The van der Waals surface area contributed by atoms with Crippen LogP contribution in [0.4, 0.5) is 5.95 Å². The summed E-state index contributed by atoms with van der Waals surface area (Å²) in [5, 5.41) is 3.37. The molecule has 2 aliphatic rings. The normalized spacial score (nSPS) is 21.9. The SMILES string of the molecule is CN1CCN(CC(NC(=O)C2CCCN(c3ncccn3)C2)c2ccccc2)CC1. The van der Waals surface area contributed by atoms with E-state index >= 15 is 0 Å². The van der Waals surface area contributed by atoms with Crippen LogP contribution in [0.2, 0.25) is 0 Å². The number of carbonyl (C=O) groups excluding carboxylic acids is 1. The van der Waals surface area contributed by atoms with Crippen LogP contribution in [0, 0.1) is 5.92 Å². The molecule has 4 rings (SSSR count). The molecule has 2 aliphatic heterocycles. The number of piperidine rings is 1. The van der Waals surface area contributed by atoms with Crippen molar-refractivity contribution in [2.75, 3.05) is 57.8 Å². The highest BCUT2D eigenvalue weighted by Gasteiger charge is 2.29. The summed E-state index contributed by atoms with van der Waals surface area (Å²) in [6, 6.07) is 12.2. The van der Waals surface area contributed by atoms with Crippen LogP contribution in [-0.4, -0.2) is 78.5 Å². The fourth-order valence-corrected chi connectivity index (χ4v) is 4.33. The van der Waals surface area contributed by atoms with E-state index in [2.05, 4.69) is 49.2 Å². The van der Waals surface area contributed by atoms with Gasteiger partial charge in [-0.3, -0.25) is 9.69 Å². The second-order valence-corrected chi connectivity index (χ2v) is 8.41. The topological polar surface area (TPSA) is 64.6 Å². The van der Waals surface area contributed by atoms with E-state index in [-0.39, 0.29) is 17.9 Å². The Morgan fingerprint density at radius 1 is 1.07 bits per heavy atom. The Hall–Kier alpha value is -2.51. The lowest BCUT2D eigenvalue weighted by molar-refractivity contribution is -0.126. The first-order chi connectivity index (χ1) is 14.7. The number of amides is 1. The Morgan fingerprint density at radius 2 is 1.80 bits per heavy atom. The molecule has 2 saturated heterocycles. The summed E-state index contributed by atoms with van der Waals surface area (Å²) in [5.41, 5.74) is 1.17. The third kappa shape index (κ3) is 5.34. The highest BCUT2D eigenvalue weighted by Crippen LogP contribution is 2.22. The van der Waals surface area contributed by atoms with Gasteiger partial charge in [0.05, 0.1) is 12.0 Å². The molecule has 7 heteroatoms. The lowest BCUT2D eigenvalue weighted by atomic mass is 9.96. The van der Waals surface area contributed by atoms with Crippen LogP contribution >= 0.6 is 0 Å². The van der Waals surface area contributed by atoms with Crippen molar-refractivity contribution in [2.45, 2.75) is 18.9 Å². The molecule has 2 fully saturated rings. The average molecular weight is 409 g/mol. The number of hydrogen-bond donors (Lipinski definition) is 1. The van der Waals surface area contributed by atoms with E-state index < -0.39 is 0 Å². The number of nitrogens with one attached hydrogen (secondary N) is 1. The van der Waals surface area contributed by atoms with Crippen LogP contribution in [0.15, 0.2) is 48.8 Å². The van der Waals surface area contributed by atoms with Gasteiger partial charge in [0.15, 0.2) is 0 Å². The molecule has 160 valence electrons. The monoisotopic (exact) mass is 408 g/mol. The Balaban J connectivity index is 1.42. The van der Waals surface area contributed by atoms with Gasteiger partial charge >= 0.3 is 0 Å². The number of carbonyl (C=O) groups is 1. The largest absolute Gasteiger partial charge is 0.348 e. The van der Waals surface area contributed by atoms with Crippen LogP contribution in [0.25, 0.3) is 0 Å². The van der Waals surface area contributed by atoms with Crippen LogP contribution in [0.1, 0.15) is 24.4 Å². The van der Waals surface area contributed by atoms with Gasteiger partial charge in [-0.2, -0.15) is 0 Å². The number of hydrogen-bond acceptors (Lipinski definition) is 6. The van der Waals surface area contributed by atoms with E-state index in [9.17, 15) is 4.79 Å². The standard InChI is InChI=1S/C23H32N6O/c1-27-13-15-28(16-14-27)18-21(19-7-3-2-4-8-19)26-22(30)20-9-5-12-29(17-20)23-24-10-6-11-25-23/h2-4,6-8,10-11,20-21H,5,9,12-18H2,1H3,(H,26,30). The minimum absolute atomic E-state index is 0.00505. The molecule has 2 unspecified atom stereocenters. The summed E-state index contributed by atoms with van der Waals surface area (Å²) >= 11 is 0. The molecular formula is C23H32N6O. The number of aromatic nitrogens is 2. The maximum absolute atomic E-state index is 13.2. The highest BCUT2D eigenvalue weighted by atomic mass is 16.2. The third-order valence-corrected chi connectivity index (χ3v) is 6.18. The van der Waals surface area contributed by atoms with Gasteiger partial charge in [0, 0.05) is 58.2 Å². The van der Waals surface area contributed by atoms with Crippen molar-refractivity contribution in [3.05, 3.63) is 54.4 Å². The smallest absolute Gasteiger partial charge is 0.225 e. The van der Waals surface area contributed by atoms with Crippen molar-refractivity contribution in [3.8, 4) is 0 Å². The number of benzene rings is 1. The van der Waals surface area contributed by atoms with Crippen LogP contribution in [0.5, 0.6) is 0 Å². The molecule has 0 radical (unpaired) electrons. The molecule has 0 spiro atoms. The van der Waals surface area contributed by atoms with Crippen molar-refractivity contribution in [2.24, 2.45) is 5.92 Å². The lowest BCUT2D eigenvalue weighted by Gasteiger charge is -2.36. The second-order valence-electron chi connectivity index (χ2n) is 8.41. The molecule has 1 N–H and O–H groups in total. The predicted octanol–water partition coefficient (Wildman–Crippen LogP) is 1.80. The fourth-order valence-electron chi connectivity index (χ4n) is 4.33. The van der Waals surface area contributed by atoms with Crippen molar-refractivity contribution in [1.82, 2.24) is 25.1 Å². The summed E-state index contributed by atoms with van der Waals surface area (Å²) < 4.78 is 0. The van der Waals surface area contributed by atoms with Gasteiger partial charge in [-0.15, -0.1) is 0 Å². The van der Waals surface area contributed by atoms with Crippen LogP contribution < -0.4 is 10.2 Å². The number of rotatable bonds is 6. The fraction of sp³-hybridized carbons (Fsp3) is 0.522. The average Bonchev–Trinajstić information content (AvgIpc) is 2.81. The van der Waals surface area contributed by atoms with E-state index in [4.69, 9.17) is 0 Å². The highest BCUT2D eigenvalue weighted by molar-refractivity contribution is 5.80. The minimum atomic E-state index is -0.0405. The second kappa shape index (κ2) is 10.00. The van der Waals surface area contributed by atoms with E-state index in [0.29, 0.717) is 12.5 Å². The molecule has 0 bridgehead atoms. The molecule has 2 aromatic rings. The van der Waals surface area contributed by atoms with Gasteiger partial charge in [-0.1, -0.05) is 30.3 Å². The van der Waals surface area contributed by atoms with Gasteiger partial charge in [-0.25, -0.2) is 9.97 Å². The van der Waals surface area contributed by atoms with E-state index in [1.54, 1.807) is 12.4 Å². The number of likely N-dealkylation sites (N-methyl/N-ethyl adjacent to an activating group) is 1. The van der Waals surface area contributed by atoms with Crippen molar-refractivity contribution in [3.63, 3.8) is 0 Å². The number of piperazine rings is 1. The molecule has 0 saturated carbocycles. The Morgan fingerprint density at radius 3 is 2.53 bits per heavy atom. The summed E-state index contributed by atoms with van der Waals surface area (Å²) in [6.45, 7) is 6.65. The quantitative estimate of drug-likeness (QED) is 0.786. The zero-order valence-electron chi connectivity index (χ0n) is 17.8. The lowest BCUT2D eigenvalue weighted by Crippen LogP contribution is -2.49. The van der Waals surface area contributed by atoms with Crippen LogP contribution in [0.3, 0.4) is 0 Å². The van der Waals surface area contributed by atoms with Crippen molar-refractivity contribution in [1.29, 1.82) is 0 Å². The molecule has 0 aliphatic carbocycles. The summed E-state index contributed by atoms with van der Waals surface area (Å²) in [4.78, 5) is 28.9. The molecule has 3 heterocycles. The Bertz CT molecular complexity index is 794.